The molecule has 0 spiro atoms. The summed E-state index contributed by atoms with van der Waals surface area (Å²) < 4.78 is 6.20. The maximum absolute atomic E-state index is 12.1. The van der Waals surface area contributed by atoms with Crippen LogP contribution in [0, 0.1) is 5.41 Å². The summed E-state index contributed by atoms with van der Waals surface area (Å²) in [6.45, 7) is 14.2. The van der Waals surface area contributed by atoms with Crippen molar-refractivity contribution in [3.63, 3.8) is 0 Å². The Hall–Kier alpha value is -1.39. The summed E-state index contributed by atoms with van der Waals surface area (Å²) in [5.74, 6) is -0.202. The molecule has 1 aliphatic rings. The van der Waals surface area contributed by atoms with E-state index in [1.54, 1.807) is 0 Å². The molecule has 1 aliphatic heterocycles. The zero-order valence-electron chi connectivity index (χ0n) is 16.7. The summed E-state index contributed by atoms with van der Waals surface area (Å²) in [6.07, 6.45) is 0.810. The largest absolute Gasteiger partial charge is 0.454 e. The number of piperidine rings is 1. The van der Waals surface area contributed by atoms with Crippen LogP contribution in [-0.4, -0.2) is 55.0 Å². The molecule has 1 fully saturated rings. The van der Waals surface area contributed by atoms with Gasteiger partial charge in [0.15, 0.2) is 0 Å². The van der Waals surface area contributed by atoms with Crippen molar-refractivity contribution in [1.29, 1.82) is 0 Å². The maximum Gasteiger partial charge on any atom is 0.303 e. The summed E-state index contributed by atoms with van der Waals surface area (Å²) in [5.41, 5.74) is 0.321. The van der Waals surface area contributed by atoms with Gasteiger partial charge in [-0.1, -0.05) is 51.1 Å². The van der Waals surface area contributed by atoms with Gasteiger partial charge in [-0.05, 0) is 32.6 Å². The predicted octanol–water partition coefficient (Wildman–Crippen LogP) is 3.52. The van der Waals surface area contributed by atoms with Gasteiger partial charge in [0, 0.05) is 37.9 Å². The van der Waals surface area contributed by atoms with Gasteiger partial charge in [0.05, 0.1) is 0 Å². The highest BCUT2D eigenvalue weighted by molar-refractivity contribution is 5.67. The van der Waals surface area contributed by atoms with Crippen LogP contribution in [0.25, 0.3) is 0 Å². The Morgan fingerprint density at radius 3 is 2.40 bits per heavy atom. The van der Waals surface area contributed by atoms with Gasteiger partial charge in [-0.2, -0.15) is 0 Å². The number of carbonyl (C=O) groups excluding carboxylic acids is 1. The van der Waals surface area contributed by atoms with Crippen molar-refractivity contribution in [2.75, 3.05) is 33.2 Å². The van der Waals surface area contributed by atoms with Crippen LogP contribution >= 0.6 is 0 Å². The molecule has 0 aromatic heterocycles. The lowest BCUT2D eigenvalue weighted by Crippen LogP contribution is -2.63. The number of ether oxygens (including phenoxy) is 1. The molecule has 3 atom stereocenters. The predicted molar refractivity (Wildman–Crippen MR) is 102 cm³/mol. The van der Waals surface area contributed by atoms with Gasteiger partial charge in [0.2, 0.25) is 0 Å². The van der Waals surface area contributed by atoms with E-state index < -0.39 is 5.60 Å². The molecule has 2 rings (SSSR count). The van der Waals surface area contributed by atoms with Crippen molar-refractivity contribution < 1.29 is 9.53 Å². The number of hydrogen-bond donors (Lipinski definition) is 0. The minimum absolute atomic E-state index is 0.187. The van der Waals surface area contributed by atoms with E-state index in [9.17, 15) is 4.79 Å². The first-order valence-electron chi connectivity index (χ1n) is 9.45. The molecule has 4 heteroatoms. The average Bonchev–Trinajstić information content (AvgIpc) is 2.58. The van der Waals surface area contributed by atoms with Crippen LogP contribution in [0.5, 0.6) is 0 Å². The molecule has 4 nitrogen and oxygen atoms in total. The second-order valence-electron chi connectivity index (χ2n) is 7.78. The van der Waals surface area contributed by atoms with Crippen LogP contribution in [-0.2, 0) is 15.1 Å². The quantitative estimate of drug-likeness (QED) is 0.738. The first kappa shape index (κ1) is 19.9. The molecule has 1 saturated heterocycles. The van der Waals surface area contributed by atoms with Gasteiger partial charge in [-0.25, -0.2) is 0 Å². The lowest BCUT2D eigenvalue weighted by Gasteiger charge is -2.56. The van der Waals surface area contributed by atoms with E-state index in [1.165, 1.54) is 6.92 Å². The molecule has 0 amide bonds. The maximum atomic E-state index is 12.1. The van der Waals surface area contributed by atoms with E-state index in [0.29, 0.717) is 6.04 Å². The summed E-state index contributed by atoms with van der Waals surface area (Å²) in [5, 5.41) is 0. The minimum atomic E-state index is -0.603. The standard InChI is InChI=1S/C21H34N2O2/c1-7-23(8-2)16-20(5)15-22(6)17(3)14-21(20,25-18(4)24)19-12-10-9-11-13-19/h9-13,17H,7-8,14-16H2,1-6H3. The number of hydrogen-bond acceptors (Lipinski definition) is 4. The summed E-state index contributed by atoms with van der Waals surface area (Å²) in [7, 11) is 2.17. The fourth-order valence-electron chi connectivity index (χ4n) is 4.41. The molecule has 3 unspecified atom stereocenters. The van der Waals surface area contributed by atoms with Gasteiger partial charge in [0.25, 0.3) is 0 Å². The lowest BCUT2D eigenvalue weighted by molar-refractivity contribution is -0.199. The van der Waals surface area contributed by atoms with E-state index in [4.69, 9.17) is 4.74 Å². The van der Waals surface area contributed by atoms with E-state index in [2.05, 4.69) is 56.7 Å². The van der Waals surface area contributed by atoms with E-state index >= 15 is 0 Å². The summed E-state index contributed by atoms with van der Waals surface area (Å²) in [4.78, 5) is 17.0. The van der Waals surface area contributed by atoms with Crippen LogP contribution in [0.15, 0.2) is 30.3 Å². The van der Waals surface area contributed by atoms with Crippen molar-refractivity contribution in [2.24, 2.45) is 5.41 Å². The average molecular weight is 347 g/mol. The zero-order valence-corrected chi connectivity index (χ0v) is 16.7. The van der Waals surface area contributed by atoms with Gasteiger partial charge in [0.1, 0.15) is 5.60 Å². The van der Waals surface area contributed by atoms with Gasteiger partial charge in [-0.3, -0.25) is 4.79 Å². The van der Waals surface area contributed by atoms with Crippen LogP contribution in [0.4, 0.5) is 0 Å². The van der Waals surface area contributed by atoms with Crippen molar-refractivity contribution in [3.05, 3.63) is 35.9 Å². The van der Waals surface area contributed by atoms with Crippen molar-refractivity contribution >= 4 is 5.97 Å². The molecule has 0 N–H and O–H groups in total. The zero-order chi connectivity index (χ0) is 18.7. The third-order valence-corrected chi connectivity index (χ3v) is 5.93. The van der Waals surface area contributed by atoms with Crippen LogP contribution < -0.4 is 0 Å². The second kappa shape index (κ2) is 7.88. The van der Waals surface area contributed by atoms with Crippen LogP contribution in [0.1, 0.15) is 46.6 Å². The third-order valence-electron chi connectivity index (χ3n) is 5.93. The van der Waals surface area contributed by atoms with E-state index in [0.717, 1.165) is 38.2 Å². The molecule has 0 saturated carbocycles. The Kier molecular flexibility index (Phi) is 6.28. The molecule has 1 heterocycles. The van der Waals surface area contributed by atoms with Crippen molar-refractivity contribution in [2.45, 2.75) is 52.7 Å². The minimum Gasteiger partial charge on any atom is -0.454 e. The Balaban J connectivity index is 2.58. The summed E-state index contributed by atoms with van der Waals surface area (Å²) in [6, 6.07) is 10.7. The summed E-state index contributed by atoms with van der Waals surface area (Å²) >= 11 is 0. The molecule has 0 bridgehead atoms. The second-order valence-corrected chi connectivity index (χ2v) is 7.78. The normalized spacial score (nSPS) is 30.4. The number of benzene rings is 1. The highest BCUT2D eigenvalue weighted by atomic mass is 16.6. The third kappa shape index (κ3) is 3.90. The van der Waals surface area contributed by atoms with Gasteiger partial charge < -0.3 is 14.5 Å². The molecule has 1 aromatic rings. The van der Waals surface area contributed by atoms with E-state index in [-0.39, 0.29) is 11.4 Å². The topological polar surface area (TPSA) is 32.8 Å². The molecule has 1 aromatic carbocycles. The van der Waals surface area contributed by atoms with Crippen LogP contribution in [0.2, 0.25) is 0 Å². The first-order chi connectivity index (χ1) is 11.8. The molecular formula is C21H34N2O2. The van der Waals surface area contributed by atoms with Crippen molar-refractivity contribution in [3.8, 4) is 0 Å². The lowest BCUT2D eigenvalue weighted by atomic mass is 9.63. The fraction of sp³-hybridized carbons (Fsp3) is 0.667. The molecule has 0 radical (unpaired) electrons. The monoisotopic (exact) mass is 346 g/mol. The highest BCUT2D eigenvalue weighted by Gasteiger charge is 2.57. The first-order valence-corrected chi connectivity index (χ1v) is 9.45. The Labute approximate surface area is 153 Å². The molecule has 0 aliphatic carbocycles. The number of nitrogens with zero attached hydrogens (tertiary/aromatic N) is 2. The molecule has 25 heavy (non-hydrogen) atoms. The molecular weight excluding hydrogens is 312 g/mol. The fourth-order valence-corrected chi connectivity index (χ4v) is 4.41. The number of carbonyl (C=O) groups is 1. The SMILES string of the molecule is CCN(CC)CC1(C)CN(C)C(C)CC1(OC(C)=O)c1ccccc1. The van der Waals surface area contributed by atoms with Gasteiger partial charge in [-0.15, -0.1) is 0 Å². The smallest absolute Gasteiger partial charge is 0.303 e. The Morgan fingerprint density at radius 1 is 1.28 bits per heavy atom. The van der Waals surface area contributed by atoms with Gasteiger partial charge >= 0.3 is 5.97 Å². The van der Waals surface area contributed by atoms with E-state index in [1.807, 2.05) is 18.2 Å². The highest BCUT2D eigenvalue weighted by Crippen LogP contribution is 2.51. The number of esters is 1. The van der Waals surface area contributed by atoms with Crippen LogP contribution in [0.3, 0.4) is 0 Å². The number of likely N-dealkylation sites (tertiary alicyclic amines) is 1. The Morgan fingerprint density at radius 2 is 1.88 bits per heavy atom. The Bertz CT molecular complexity index is 573. The van der Waals surface area contributed by atoms with Crippen molar-refractivity contribution in [1.82, 2.24) is 9.80 Å². The number of rotatable bonds is 6. The molecule has 140 valence electrons.